The quantitative estimate of drug-likeness (QED) is 0.337. The van der Waals surface area contributed by atoms with Crippen LogP contribution in [0.1, 0.15) is 23.7 Å². The Morgan fingerprint density at radius 1 is 1.25 bits per heavy atom. The zero-order valence-electron chi connectivity index (χ0n) is 16.8. The lowest BCUT2D eigenvalue weighted by Gasteiger charge is -2.12. The van der Waals surface area contributed by atoms with E-state index < -0.39 is 38.8 Å². The predicted octanol–water partition coefficient (Wildman–Crippen LogP) is 3.05. The number of nitrogens with one attached hydrogen (secondary N) is 5. The van der Waals surface area contributed by atoms with Crippen LogP contribution in [0.15, 0.2) is 42.9 Å². The lowest BCUT2D eigenvalue weighted by molar-refractivity contribution is -0.346. The Balaban J connectivity index is 1.61. The number of H-pyrrole nitrogens is 3. The summed E-state index contributed by atoms with van der Waals surface area (Å²) >= 11 is 0. The van der Waals surface area contributed by atoms with Gasteiger partial charge in [-0.3, -0.25) is 14.6 Å². The topological polar surface area (TPSA) is 134 Å². The number of anilines is 2. The van der Waals surface area contributed by atoms with Crippen molar-refractivity contribution in [2.45, 2.75) is 13.3 Å². The molecule has 5 N–H and O–H groups in total. The molecule has 4 aromatic rings. The molecule has 0 radical (unpaired) electrons. The number of rotatable bonds is 7. The fourth-order valence-electron chi connectivity index (χ4n) is 3.21. The second kappa shape index (κ2) is 8.38. The third-order valence-electron chi connectivity index (χ3n) is 4.65. The zero-order valence-corrected chi connectivity index (χ0v) is 17.6. The minimum Gasteiger partial charge on any atom is -0.319 e. The average Bonchev–Trinajstić information content (AvgIpc) is 3.39. The molecule has 1 aromatic carbocycles. The van der Waals surface area contributed by atoms with E-state index in [2.05, 4.69) is 25.5 Å². The van der Waals surface area contributed by atoms with E-state index in [4.69, 9.17) is 0 Å². The first kappa shape index (κ1) is 21.4. The van der Waals surface area contributed by atoms with Gasteiger partial charge in [0.1, 0.15) is 23.3 Å². The number of carbonyl (C=O) groups is 1. The van der Waals surface area contributed by atoms with E-state index >= 15 is 0 Å². The molecule has 0 aliphatic rings. The van der Waals surface area contributed by atoms with Crippen LogP contribution in [0.3, 0.4) is 0 Å². The van der Waals surface area contributed by atoms with Crippen LogP contribution < -0.4 is 15.0 Å². The molecule has 12 heteroatoms. The van der Waals surface area contributed by atoms with Crippen LogP contribution in [-0.2, 0) is 10.0 Å². The molecule has 0 spiro atoms. The number of sulfonamides is 1. The Morgan fingerprint density at radius 2 is 2.06 bits per heavy atom. The summed E-state index contributed by atoms with van der Waals surface area (Å²) in [5.74, 6) is -3.71. The van der Waals surface area contributed by atoms with E-state index in [1.54, 1.807) is 25.4 Å². The number of benzene rings is 1. The van der Waals surface area contributed by atoms with Gasteiger partial charge in [-0.05, 0) is 24.6 Å². The molecule has 3 aromatic heterocycles. The van der Waals surface area contributed by atoms with Crippen LogP contribution in [0.5, 0.6) is 0 Å². The van der Waals surface area contributed by atoms with Gasteiger partial charge in [-0.1, -0.05) is 6.92 Å². The second-order valence-corrected chi connectivity index (χ2v) is 8.89. The van der Waals surface area contributed by atoms with Crippen LogP contribution in [0, 0.1) is 11.6 Å². The number of nitrogens with zero attached hydrogens (tertiary/aromatic N) is 1. The first-order valence-corrected chi connectivity index (χ1v) is 11.3. The molecule has 0 unspecified atom stereocenters. The van der Waals surface area contributed by atoms with Gasteiger partial charge >= 0.3 is 0 Å². The van der Waals surface area contributed by atoms with Gasteiger partial charge in [0, 0.05) is 12.3 Å². The summed E-state index contributed by atoms with van der Waals surface area (Å²) < 4.78 is 55.0. The van der Waals surface area contributed by atoms with E-state index in [-0.39, 0.29) is 11.4 Å². The van der Waals surface area contributed by atoms with Gasteiger partial charge < -0.3 is 5.32 Å². The summed E-state index contributed by atoms with van der Waals surface area (Å²) in [4.78, 5) is 18.7. The van der Waals surface area contributed by atoms with E-state index in [1.165, 1.54) is 6.20 Å². The second-order valence-electron chi connectivity index (χ2n) is 7.05. The minimum atomic E-state index is -3.82. The molecule has 0 saturated carbocycles. The predicted molar refractivity (Wildman–Crippen MR) is 114 cm³/mol. The number of aromatic amines is 3. The molecule has 9 nitrogen and oxygen atoms in total. The van der Waals surface area contributed by atoms with Crippen LogP contribution in [0.25, 0.3) is 22.3 Å². The number of amides is 1. The summed E-state index contributed by atoms with van der Waals surface area (Å²) in [5.41, 5.74) is 1.14. The van der Waals surface area contributed by atoms with Crippen molar-refractivity contribution in [3.8, 4) is 11.3 Å². The van der Waals surface area contributed by atoms with Gasteiger partial charge in [0.2, 0.25) is 10.0 Å². The molecular weight excluding hydrogens is 442 g/mol. The van der Waals surface area contributed by atoms with E-state index in [1.807, 2.05) is 10.8 Å². The lowest BCUT2D eigenvalue weighted by Crippen LogP contribution is -2.21. The number of hydrogen-bond donors (Lipinski definition) is 4. The van der Waals surface area contributed by atoms with Crippen molar-refractivity contribution in [1.82, 2.24) is 15.2 Å². The Kier molecular flexibility index (Phi) is 5.61. The SMILES string of the molecule is CCCS(=O)(=O)Nc1ccc(F)c(C(=O)Nc2c[nH+]c3[nH]c(-c4cn[nH]c4)cc3c2)c1F. The van der Waals surface area contributed by atoms with Gasteiger partial charge in [-0.25, -0.2) is 27.2 Å². The van der Waals surface area contributed by atoms with Gasteiger partial charge in [0.05, 0.1) is 34.3 Å². The van der Waals surface area contributed by atoms with Gasteiger partial charge in [0.15, 0.2) is 5.82 Å². The first-order valence-electron chi connectivity index (χ1n) is 9.61. The number of halogens is 2. The Hall–Kier alpha value is -3.80. The number of pyridine rings is 1. The van der Waals surface area contributed by atoms with Crippen LogP contribution in [-0.4, -0.2) is 35.3 Å². The smallest absolute Gasteiger partial charge is 0.284 e. The van der Waals surface area contributed by atoms with Crippen LogP contribution in [0.4, 0.5) is 20.2 Å². The maximum atomic E-state index is 14.8. The van der Waals surface area contributed by atoms with Crippen molar-refractivity contribution in [3.05, 3.63) is 60.1 Å². The summed E-state index contributed by atoms with van der Waals surface area (Å²) in [6.45, 7) is 1.65. The molecule has 0 fully saturated rings. The standard InChI is InChI=1S/C20H18F2N6O3S/c1-2-5-32(30,31)28-15-4-3-14(21)17(18(15)22)20(29)26-13-6-11-7-16(12-8-24-25-9-12)27-19(11)23-10-13/h3-4,6-10,28H,2,5H2,1H3,(H,23,27)(H,24,25)(H,26,29)/p+1. The van der Waals surface area contributed by atoms with Gasteiger partial charge in [-0.15, -0.1) is 0 Å². The monoisotopic (exact) mass is 461 g/mol. The molecule has 166 valence electrons. The largest absolute Gasteiger partial charge is 0.319 e. The van der Waals surface area contributed by atoms with E-state index in [0.717, 1.165) is 23.4 Å². The van der Waals surface area contributed by atoms with Crippen molar-refractivity contribution in [2.75, 3.05) is 15.8 Å². The zero-order chi connectivity index (χ0) is 22.9. The third-order valence-corrected chi connectivity index (χ3v) is 6.13. The Labute approximate surface area is 181 Å². The average molecular weight is 461 g/mol. The maximum absolute atomic E-state index is 14.8. The first-order chi connectivity index (χ1) is 15.3. The number of hydrogen-bond acceptors (Lipinski definition) is 4. The summed E-state index contributed by atoms with van der Waals surface area (Å²) in [7, 11) is -3.82. The molecule has 0 aliphatic carbocycles. The van der Waals surface area contributed by atoms with Crippen molar-refractivity contribution in [2.24, 2.45) is 0 Å². The summed E-state index contributed by atoms with van der Waals surface area (Å²) in [6, 6.07) is 5.20. The third kappa shape index (κ3) is 4.30. The van der Waals surface area contributed by atoms with Gasteiger partial charge in [0.25, 0.3) is 11.6 Å². The highest BCUT2D eigenvalue weighted by atomic mass is 32.2. The fourth-order valence-corrected chi connectivity index (χ4v) is 4.34. The molecule has 3 heterocycles. The van der Waals surface area contributed by atoms with Crippen molar-refractivity contribution in [1.29, 1.82) is 0 Å². The molecule has 4 rings (SSSR count). The normalized spacial score (nSPS) is 11.6. The van der Waals surface area contributed by atoms with Crippen molar-refractivity contribution in [3.63, 3.8) is 0 Å². The molecule has 1 amide bonds. The van der Waals surface area contributed by atoms with Crippen molar-refractivity contribution < 1.29 is 27.0 Å². The lowest BCUT2D eigenvalue weighted by atomic mass is 10.1. The molecule has 0 bridgehead atoms. The van der Waals surface area contributed by atoms with E-state index in [9.17, 15) is 22.0 Å². The number of fused-ring (bicyclic) bond motifs is 1. The van der Waals surface area contributed by atoms with Crippen LogP contribution in [0.2, 0.25) is 0 Å². The molecule has 32 heavy (non-hydrogen) atoms. The minimum absolute atomic E-state index is 0.237. The highest BCUT2D eigenvalue weighted by molar-refractivity contribution is 7.92. The summed E-state index contributed by atoms with van der Waals surface area (Å²) in [5, 5.41) is 9.74. The number of aromatic nitrogens is 4. The fraction of sp³-hybridized carbons (Fsp3) is 0.150. The Morgan fingerprint density at radius 3 is 2.78 bits per heavy atom. The van der Waals surface area contributed by atoms with Crippen molar-refractivity contribution >= 4 is 38.3 Å². The van der Waals surface area contributed by atoms with Crippen LogP contribution >= 0.6 is 0 Å². The molecule has 0 saturated heterocycles. The molecular formula is C20H19F2N6O3S+. The number of carbonyl (C=O) groups excluding carboxylic acids is 1. The highest BCUT2D eigenvalue weighted by Crippen LogP contribution is 2.25. The van der Waals surface area contributed by atoms with E-state index in [0.29, 0.717) is 17.5 Å². The molecule has 0 aliphatic heterocycles. The molecule has 0 atom stereocenters. The Bertz CT molecular complexity index is 1400. The summed E-state index contributed by atoms with van der Waals surface area (Å²) in [6.07, 6.45) is 5.12. The maximum Gasteiger partial charge on any atom is 0.284 e. The highest BCUT2D eigenvalue weighted by Gasteiger charge is 2.23. The van der Waals surface area contributed by atoms with Gasteiger partial charge in [-0.2, -0.15) is 5.10 Å².